The molecule has 2 spiro atoms. The predicted octanol–water partition coefficient (Wildman–Crippen LogP) is 14.3. The second kappa shape index (κ2) is 10.8. The fraction of sp³-hybridized carbons (Fsp3) is 0.0345. The first-order chi connectivity index (χ1) is 28.8. The summed E-state index contributed by atoms with van der Waals surface area (Å²) in [6.45, 7) is 0. The first kappa shape index (κ1) is 30.9. The van der Waals surface area contributed by atoms with Crippen molar-refractivity contribution in [1.29, 1.82) is 0 Å². The Labute approximate surface area is 337 Å². The van der Waals surface area contributed by atoms with Crippen LogP contribution in [0.5, 0.6) is 0 Å². The summed E-state index contributed by atoms with van der Waals surface area (Å²) in [4.78, 5) is 0. The molecule has 4 aliphatic rings. The SMILES string of the molecule is c1ccc2c(c1)-c1ccc(-c3ccc4c(c3)C3(c5ccccc5-c5ccccc53)c3ccc5ccccc5c3-4)cc1C21c2ccccc2-c2c1ccc1ccccc21. The second-order valence-electron chi connectivity index (χ2n) is 16.6. The summed E-state index contributed by atoms with van der Waals surface area (Å²) < 4.78 is 0. The minimum absolute atomic E-state index is 0.420. The number of rotatable bonds is 1. The van der Waals surface area contributed by atoms with Crippen molar-refractivity contribution in [3.63, 3.8) is 0 Å². The van der Waals surface area contributed by atoms with Crippen molar-refractivity contribution in [2.24, 2.45) is 0 Å². The molecule has 58 heavy (non-hydrogen) atoms. The summed E-state index contributed by atoms with van der Waals surface area (Å²) in [5.74, 6) is 0. The van der Waals surface area contributed by atoms with Crippen LogP contribution >= 0.6 is 0 Å². The van der Waals surface area contributed by atoms with Crippen LogP contribution in [0.2, 0.25) is 0 Å². The maximum atomic E-state index is 2.55. The topological polar surface area (TPSA) is 0 Å². The summed E-state index contributed by atoms with van der Waals surface area (Å²) >= 11 is 0. The summed E-state index contributed by atoms with van der Waals surface area (Å²) in [5, 5.41) is 5.20. The van der Waals surface area contributed by atoms with Crippen molar-refractivity contribution in [1.82, 2.24) is 0 Å². The molecule has 0 N–H and O–H groups in total. The lowest BCUT2D eigenvalue weighted by Crippen LogP contribution is -2.26. The quantitative estimate of drug-likeness (QED) is 0.158. The Morgan fingerprint density at radius 3 is 1.07 bits per heavy atom. The van der Waals surface area contributed by atoms with E-state index in [1.54, 1.807) is 0 Å². The highest BCUT2D eigenvalue weighted by Gasteiger charge is 2.54. The van der Waals surface area contributed by atoms with Gasteiger partial charge in [0, 0.05) is 0 Å². The number of hydrogen-bond acceptors (Lipinski definition) is 0. The lowest BCUT2D eigenvalue weighted by molar-refractivity contribution is 0.793. The molecule has 4 aliphatic carbocycles. The van der Waals surface area contributed by atoms with E-state index in [4.69, 9.17) is 0 Å². The Kier molecular flexibility index (Phi) is 5.73. The summed E-state index contributed by atoms with van der Waals surface area (Å²) in [7, 11) is 0. The lowest BCUT2D eigenvalue weighted by Gasteiger charge is -2.31. The van der Waals surface area contributed by atoms with Gasteiger partial charge in [0.1, 0.15) is 0 Å². The Balaban J connectivity index is 1.06. The molecule has 0 saturated carbocycles. The van der Waals surface area contributed by atoms with E-state index in [-0.39, 0.29) is 0 Å². The molecule has 0 aromatic heterocycles. The lowest BCUT2D eigenvalue weighted by atomic mass is 9.69. The van der Waals surface area contributed by atoms with Gasteiger partial charge in [0.15, 0.2) is 0 Å². The van der Waals surface area contributed by atoms with Crippen LogP contribution in [0.25, 0.3) is 77.2 Å². The monoisotopic (exact) mass is 730 g/mol. The van der Waals surface area contributed by atoms with E-state index in [1.165, 1.54) is 122 Å². The summed E-state index contributed by atoms with van der Waals surface area (Å²) in [6, 6.07) is 78.6. The van der Waals surface area contributed by atoms with Crippen LogP contribution in [0.1, 0.15) is 44.5 Å². The molecule has 0 bridgehead atoms. The van der Waals surface area contributed by atoms with Crippen LogP contribution < -0.4 is 0 Å². The van der Waals surface area contributed by atoms with Crippen molar-refractivity contribution in [2.75, 3.05) is 0 Å². The van der Waals surface area contributed by atoms with Crippen LogP contribution in [0.4, 0.5) is 0 Å². The van der Waals surface area contributed by atoms with E-state index in [9.17, 15) is 0 Å². The molecule has 0 saturated heterocycles. The Hall–Kier alpha value is -7.28. The average Bonchev–Trinajstić information content (AvgIpc) is 3.97. The van der Waals surface area contributed by atoms with Gasteiger partial charge in [-0.3, -0.25) is 0 Å². The highest BCUT2D eigenvalue weighted by atomic mass is 14.5. The number of benzene rings is 10. The molecule has 10 aromatic rings. The van der Waals surface area contributed by atoms with Crippen LogP contribution in [-0.2, 0) is 10.8 Å². The van der Waals surface area contributed by atoms with Crippen molar-refractivity contribution >= 4 is 21.5 Å². The summed E-state index contributed by atoms with van der Waals surface area (Å²) in [5.41, 5.74) is 23.4. The van der Waals surface area contributed by atoms with Gasteiger partial charge < -0.3 is 0 Å². The smallest absolute Gasteiger partial charge is 0.0619 e. The van der Waals surface area contributed by atoms with Gasteiger partial charge in [0.25, 0.3) is 0 Å². The van der Waals surface area contributed by atoms with Crippen molar-refractivity contribution in [3.05, 3.63) is 251 Å². The molecule has 266 valence electrons. The third-order valence-electron chi connectivity index (χ3n) is 14.3. The van der Waals surface area contributed by atoms with Gasteiger partial charge in [-0.1, -0.05) is 194 Å². The molecular formula is C58H34. The maximum Gasteiger partial charge on any atom is 0.0725 e. The zero-order valence-corrected chi connectivity index (χ0v) is 31.6. The van der Waals surface area contributed by atoms with Crippen LogP contribution in [0.3, 0.4) is 0 Å². The van der Waals surface area contributed by atoms with E-state index >= 15 is 0 Å². The summed E-state index contributed by atoms with van der Waals surface area (Å²) in [6.07, 6.45) is 0. The highest BCUT2D eigenvalue weighted by Crippen LogP contribution is 2.66. The van der Waals surface area contributed by atoms with Gasteiger partial charge in [0.05, 0.1) is 10.8 Å². The molecule has 1 atom stereocenters. The molecule has 0 heteroatoms. The first-order valence-electron chi connectivity index (χ1n) is 20.5. The fourth-order valence-corrected chi connectivity index (χ4v) is 12.2. The normalized spacial score (nSPS) is 16.5. The molecule has 0 amide bonds. The largest absolute Gasteiger partial charge is 0.0725 e. The standard InChI is InChI=1S/C58H34/c1-3-15-39-35(13-1)27-31-51-55(39)45-20-8-12-24-50(45)58(51)49-23-11-7-19-43(49)44-29-25-37(33-53(44)58)38-26-30-46-54(34-38)57(52-32-28-36-14-2-4-16-40(36)56(46)52)47-21-9-5-17-41(47)42-18-6-10-22-48(42)57/h1-34H. The minimum atomic E-state index is -0.422. The van der Waals surface area contributed by atoms with Crippen molar-refractivity contribution < 1.29 is 0 Å². The average molecular weight is 731 g/mol. The number of fused-ring (bicyclic) bond motifs is 24. The van der Waals surface area contributed by atoms with Crippen molar-refractivity contribution in [2.45, 2.75) is 10.8 Å². The zero-order valence-electron chi connectivity index (χ0n) is 31.6. The van der Waals surface area contributed by atoms with Gasteiger partial charge in [-0.15, -0.1) is 0 Å². The molecule has 1 unspecified atom stereocenters. The molecule has 0 fully saturated rings. The third-order valence-corrected chi connectivity index (χ3v) is 14.3. The van der Waals surface area contributed by atoms with Crippen LogP contribution in [0, 0.1) is 0 Å². The third kappa shape index (κ3) is 3.47. The van der Waals surface area contributed by atoms with Gasteiger partial charge in [-0.2, -0.15) is 0 Å². The maximum absolute atomic E-state index is 2.55. The number of hydrogen-bond donors (Lipinski definition) is 0. The van der Waals surface area contributed by atoms with Gasteiger partial charge >= 0.3 is 0 Å². The van der Waals surface area contributed by atoms with E-state index in [0.717, 1.165) is 0 Å². The molecule has 0 radical (unpaired) electrons. The van der Waals surface area contributed by atoms with Gasteiger partial charge in [-0.05, 0) is 134 Å². The molecule has 14 rings (SSSR count). The Morgan fingerprint density at radius 1 is 0.224 bits per heavy atom. The fourth-order valence-electron chi connectivity index (χ4n) is 12.2. The first-order valence-corrected chi connectivity index (χ1v) is 20.5. The minimum Gasteiger partial charge on any atom is -0.0619 e. The molecule has 10 aromatic carbocycles. The molecule has 0 heterocycles. The van der Waals surface area contributed by atoms with Gasteiger partial charge in [0.2, 0.25) is 0 Å². The van der Waals surface area contributed by atoms with E-state index in [1.807, 2.05) is 0 Å². The predicted molar refractivity (Wildman–Crippen MR) is 239 cm³/mol. The van der Waals surface area contributed by atoms with E-state index in [2.05, 4.69) is 206 Å². The van der Waals surface area contributed by atoms with Crippen molar-refractivity contribution in [3.8, 4) is 55.6 Å². The Bertz CT molecular complexity index is 3420. The molecular weight excluding hydrogens is 697 g/mol. The van der Waals surface area contributed by atoms with Gasteiger partial charge in [-0.25, -0.2) is 0 Å². The zero-order chi connectivity index (χ0) is 37.7. The van der Waals surface area contributed by atoms with Crippen LogP contribution in [0.15, 0.2) is 206 Å². The van der Waals surface area contributed by atoms with E-state index < -0.39 is 10.8 Å². The van der Waals surface area contributed by atoms with E-state index in [0.29, 0.717) is 0 Å². The molecule has 0 aliphatic heterocycles. The Morgan fingerprint density at radius 2 is 0.569 bits per heavy atom. The van der Waals surface area contributed by atoms with Crippen LogP contribution in [-0.4, -0.2) is 0 Å². The highest BCUT2D eigenvalue weighted by molar-refractivity contribution is 6.08. The molecule has 0 nitrogen and oxygen atoms in total. The second-order valence-corrected chi connectivity index (χ2v) is 16.6.